The standard InChI is InChI=1S/C24H23ClN4O4S/c25-22-12-11-20(17-21(22)24(31)27-26-23(30)18-7-3-1-4-8-18)34(32,33)29-15-13-28(14-16-29)19-9-5-2-6-10-19/h1-12,17H,13-16H2,(H,26,30)(H,27,31). The lowest BCUT2D eigenvalue weighted by Gasteiger charge is -2.35. The number of piperazine rings is 1. The maximum absolute atomic E-state index is 13.2. The molecule has 0 saturated carbocycles. The Morgan fingerprint density at radius 2 is 1.35 bits per heavy atom. The first-order valence-corrected chi connectivity index (χ1v) is 12.4. The zero-order valence-electron chi connectivity index (χ0n) is 18.1. The zero-order chi connectivity index (χ0) is 24.1. The number of halogens is 1. The van der Waals surface area contributed by atoms with Gasteiger partial charge in [0.15, 0.2) is 0 Å². The summed E-state index contributed by atoms with van der Waals surface area (Å²) in [5.41, 5.74) is 5.93. The van der Waals surface area contributed by atoms with Gasteiger partial charge in [-0.25, -0.2) is 8.42 Å². The SMILES string of the molecule is O=C(NNC(=O)c1cc(S(=O)(=O)N2CCN(c3ccccc3)CC2)ccc1Cl)c1ccccc1. The first-order chi connectivity index (χ1) is 16.4. The molecule has 0 unspecified atom stereocenters. The number of carbonyl (C=O) groups excluding carboxylic acids is 2. The number of nitrogens with zero attached hydrogens (tertiary/aromatic N) is 2. The van der Waals surface area contributed by atoms with Crippen LogP contribution in [0.1, 0.15) is 20.7 Å². The van der Waals surface area contributed by atoms with Crippen molar-refractivity contribution < 1.29 is 18.0 Å². The van der Waals surface area contributed by atoms with Crippen LogP contribution in [0.5, 0.6) is 0 Å². The van der Waals surface area contributed by atoms with Crippen molar-refractivity contribution in [1.29, 1.82) is 0 Å². The van der Waals surface area contributed by atoms with E-state index in [0.717, 1.165) is 5.69 Å². The van der Waals surface area contributed by atoms with Gasteiger partial charge in [-0.3, -0.25) is 20.4 Å². The van der Waals surface area contributed by atoms with Crippen LogP contribution in [-0.4, -0.2) is 50.7 Å². The minimum Gasteiger partial charge on any atom is -0.369 e. The molecule has 176 valence electrons. The van der Waals surface area contributed by atoms with Crippen LogP contribution in [0.2, 0.25) is 5.02 Å². The van der Waals surface area contributed by atoms with Crippen LogP contribution < -0.4 is 15.8 Å². The second-order valence-electron chi connectivity index (χ2n) is 7.64. The highest BCUT2D eigenvalue weighted by atomic mass is 35.5. The Bertz CT molecular complexity index is 1280. The number of benzene rings is 3. The molecular weight excluding hydrogens is 476 g/mol. The van der Waals surface area contributed by atoms with Gasteiger partial charge in [-0.05, 0) is 42.5 Å². The molecular formula is C24H23ClN4O4S. The molecule has 34 heavy (non-hydrogen) atoms. The highest BCUT2D eigenvalue weighted by molar-refractivity contribution is 7.89. The van der Waals surface area contributed by atoms with Gasteiger partial charge in [-0.1, -0.05) is 48.0 Å². The number of amides is 2. The van der Waals surface area contributed by atoms with Gasteiger partial charge < -0.3 is 4.90 Å². The Morgan fingerprint density at radius 1 is 0.765 bits per heavy atom. The Kier molecular flexibility index (Phi) is 7.16. The molecule has 2 amide bonds. The molecule has 0 spiro atoms. The van der Waals surface area contributed by atoms with Crippen LogP contribution >= 0.6 is 11.6 Å². The number of hydrogen-bond acceptors (Lipinski definition) is 5. The third kappa shape index (κ3) is 5.22. The Labute approximate surface area is 203 Å². The molecule has 4 rings (SSSR count). The van der Waals surface area contributed by atoms with Crippen molar-refractivity contribution in [3.63, 3.8) is 0 Å². The Balaban J connectivity index is 1.44. The van der Waals surface area contributed by atoms with E-state index in [1.54, 1.807) is 30.3 Å². The molecule has 1 aliphatic heterocycles. The number of rotatable bonds is 5. The number of nitrogens with one attached hydrogen (secondary N) is 2. The molecule has 0 radical (unpaired) electrons. The van der Waals surface area contributed by atoms with Gasteiger partial charge >= 0.3 is 0 Å². The summed E-state index contributed by atoms with van der Waals surface area (Å²) in [6, 6.07) is 22.1. The van der Waals surface area contributed by atoms with Crippen molar-refractivity contribution in [3.05, 3.63) is 95.0 Å². The topological polar surface area (TPSA) is 98.8 Å². The van der Waals surface area contributed by atoms with Gasteiger partial charge in [0.05, 0.1) is 15.5 Å². The molecule has 0 atom stereocenters. The molecule has 3 aromatic rings. The lowest BCUT2D eigenvalue weighted by molar-refractivity contribution is 0.0846. The minimum atomic E-state index is -3.83. The van der Waals surface area contributed by atoms with Crippen molar-refractivity contribution in [2.75, 3.05) is 31.1 Å². The first kappa shape index (κ1) is 23.7. The molecule has 1 heterocycles. The second-order valence-corrected chi connectivity index (χ2v) is 9.99. The monoisotopic (exact) mass is 498 g/mol. The largest absolute Gasteiger partial charge is 0.369 e. The fourth-order valence-electron chi connectivity index (χ4n) is 3.66. The third-order valence-corrected chi connectivity index (χ3v) is 7.73. The minimum absolute atomic E-state index is 0.0374. The predicted octanol–water partition coefficient (Wildman–Crippen LogP) is 2.93. The Morgan fingerprint density at radius 3 is 2.00 bits per heavy atom. The third-order valence-electron chi connectivity index (χ3n) is 5.51. The summed E-state index contributed by atoms with van der Waals surface area (Å²) in [5, 5.41) is 0.0688. The van der Waals surface area contributed by atoms with Crippen LogP contribution in [0.3, 0.4) is 0 Å². The maximum Gasteiger partial charge on any atom is 0.271 e. The molecule has 1 saturated heterocycles. The quantitative estimate of drug-likeness (QED) is 0.527. The number of para-hydroxylation sites is 1. The molecule has 0 bridgehead atoms. The van der Waals surface area contributed by atoms with Crippen LogP contribution in [0.4, 0.5) is 5.69 Å². The highest BCUT2D eigenvalue weighted by Gasteiger charge is 2.29. The summed E-state index contributed by atoms with van der Waals surface area (Å²) < 4.78 is 27.9. The fourth-order valence-corrected chi connectivity index (χ4v) is 5.31. The van der Waals surface area contributed by atoms with E-state index in [0.29, 0.717) is 31.7 Å². The molecule has 1 aliphatic rings. The normalized spacial score (nSPS) is 14.4. The molecule has 8 nitrogen and oxygen atoms in total. The van der Waals surface area contributed by atoms with Gasteiger partial charge in [0, 0.05) is 37.4 Å². The Hall–Kier alpha value is -3.40. The van der Waals surface area contributed by atoms with E-state index in [1.165, 1.54) is 22.5 Å². The zero-order valence-corrected chi connectivity index (χ0v) is 19.7. The smallest absolute Gasteiger partial charge is 0.271 e. The van der Waals surface area contributed by atoms with E-state index in [9.17, 15) is 18.0 Å². The van der Waals surface area contributed by atoms with Crippen molar-refractivity contribution in [2.45, 2.75) is 4.90 Å². The predicted molar refractivity (Wildman–Crippen MR) is 130 cm³/mol. The summed E-state index contributed by atoms with van der Waals surface area (Å²) >= 11 is 6.16. The summed E-state index contributed by atoms with van der Waals surface area (Å²) in [4.78, 5) is 26.9. The number of anilines is 1. The lowest BCUT2D eigenvalue weighted by Crippen LogP contribution is -2.48. The summed E-state index contributed by atoms with van der Waals surface area (Å²) in [5.74, 6) is -1.23. The summed E-state index contributed by atoms with van der Waals surface area (Å²) in [6.45, 7) is 1.73. The van der Waals surface area contributed by atoms with E-state index in [-0.39, 0.29) is 15.5 Å². The molecule has 3 aromatic carbocycles. The van der Waals surface area contributed by atoms with Crippen LogP contribution in [0.25, 0.3) is 0 Å². The maximum atomic E-state index is 13.2. The van der Waals surface area contributed by atoms with Crippen molar-refractivity contribution >= 4 is 39.1 Å². The van der Waals surface area contributed by atoms with Crippen molar-refractivity contribution in [1.82, 2.24) is 15.2 Å². The van der Waals surface area contributed by atoms with Gasteiger partial charge in [-0.2, -0.15) is 4.31 Å². The lowest BCUT2D eigenvalue weighted by atomic mass is 10.2. The number of carbonyl (C=O) groups is 2. The number of hydrazine groups is 1. The van der Waals surface area contributed by atoms with E-state index in [4.69, 9.17) is 11.6 Å². The molecule has 0 aromatic heterocycles. The molecule has 2 N–H and O–H groups in total. The molecule has 0 aliphatic carbocycles. The summed E-state index contributed by atoms with van der Waals surface area (Å²) in [6.07, 6.45) is 0. The van der Waals surface area contributed by atoms with Crippen LogP contribution in [-0.2, 0) is 10.0 Å². The molecule has 10 heteroatoms. The first-order valence-electron chi connectivity index (χ1n) is 10.6. The van der Waals surface area contributed by atoms with E-state index in [2.05, 4.69) is 15.8 Å². The molecule has 1 fully saturated rings. The highest BCUT2D eigenvalue weighted by Crippen LogP contribution is 2.25. The van der Waals surface area contributed by atoms with Crippen molar-refractivity contribution in [2.24, 2.45) is 0 Å². The average Bonchev–Trinajstić information content (AvgIpc) is 2.88. The summed E-state index contributed by atoms with van der Waals surface area (Å²) in [7, 11) is -3.83. The van der Waals surface area contributed by atoms with E-state index >= 15 is 0 Å². The van der Waals surface area contributed by atoms with Gasteiger partial charge in [-0.15, -0.1) is 0 Å². The number of hydrogen-bond donors (Lipinski definition) is 2. The average molecular weight is 499 g/mol. The second kappa shape index (κ2) is 10.3. The van der Waals surface area contributed by atoms with Crippen LogP contribution in [0, 0.1) is 0 Å². The van der Waals surface area contributed by atoms with Gasteiger partial charge in [0.1, 0.15) is 0 Å². The van der Waals surface area contributed by atoms with E-state index < -0.39 is 21.8 Å². The van der Waals surface area contributed by atoms with Gasteiger partial charge in [0.25, 0.3) is 11.8 Å². The van der Waals surface area contributed by atoms with Crippen LogP contribution in [0.15, 0.2) is 83.8 Å². The fraction of sp³-hybridized carbons (Fsp3) is 0.167. The number of sulfonamides is 1. The van der Waals surface area contributed by atoms with E-state index in [1.807, 2.05) is 30.3 Å². The van der Waals surface area contributed by atoms with Crippen molar-refractivity contribution in [3.8, 4) is 0 Å². The van der Waals surface area contributed by atoms with Gasteiger partial charge in [0.2, 0.25) is 10.0 Å².